The molecule has 0 aromatic carbocycles. The summed E-state index contributed by atoms with van der Waals surface area (Å²) in [5.74, 6) is -0.0624. The van der Waals surface area contributed by atoms with E-state index in [-0.39, 0.29) is 18.5 Å². The van der Waals surface area contributed by atoms with Crippen molar-refractivity contribution < 1.29 is 24.5 Å². The van der Waals surface area contributed by atoms with Crippen molar-refractivity contribution in [3.8, 4) is 0 Å². The monoisotopic (exact) mass is 1110 g/mol. The van der Waals surface area contributed by atoms with Gasteiger partial charge in [-0.2, -0.15) is 0 Å². The van der Waals surface area contributed by atoms with Gasteiger partial charge in [0.25, 0.3) is 0 Å². The van der Waals surface area contributed by atoms with E-state index in [2.05, 4.69) is 55.6 Å². The Morgan fingerprint density at radius 2 is 0.633 bits per heavy atom. The van der Waals surface area contributed by atoms with Gasteiger partial charge < -0.3 is 20.3 Å². The van der Waals surface area contributed by atoms with Gasteiger partial charge >= 0.3 is 5.97 Å². The molecule has 2 unspecified atom stereocenters. The number of unbranched alkanes of at least 4 members (excludes halogenated alkanes) is 49. The van der Waals surface area contributed by atoms with Gasteiger partial charge in [0.05, 0.1) is 25.4 Å². The van der Waals surface area contributed by atoms with Crippen LogP contribution < -0.4 is 5.32 Å². The molecule has 464 valence electrons. The highest BCUT2D eigenvalue weighted by Crippen LogP contribution is 2.18. The summed E-state index contributed by atoms with van der Waals surface area (Å²) in [6.45, 7) is 4.90. The lowest BCUT2D eigenvalue weighted by Crippen LogP contribution is -2.45. The molecule has 6 nitrogen and oxygen atoms in total. The third-order valence-corrected chi connectivity index (χ3v) is 16.3. The van der Waals surface area contributed by atoms with Crippen molar-refractivity contribution in [1.82, 2.24) is 5.32 Å². The van der Waals surface area contributed by atoms with Crippen molar-refractivity contribution in [1.29, 1.82) is 0 Å². The third kappa shape index (κ3) is 64.8. The van der Waals surface area contributed by atoms with E-state index in [0.717, 1.165) is 51.4 Å². The molecule has 0 saturated carbocycles. The number of rotatable bonds is 66. The highest BCUT2D eigenvalue weighted by molar-refractivity contribution is 5.76. The fourth-order valence-electron chi connectivity index (χ4n) is 10.9. The number of aliphatic hydroxyl groups excluding tert-OH is 2. The fourth-order valence-corrected chi connectivity index (χ4v) is 10.9. The molecule has 6 heteroatoms. The van der Waals surface area contributed by atoms with Crippen LogP contribution in [0.4, 0.5) is 0 Å². The number of carbonyl (C=O) groups excluding carboxylic acids is 2. The summed E-state index contributed by atoms with van der Waals surface area (Å²) in [6.07, 6.45) is 89.0. The summed E-state index contributed by atoms with van der Waals surface area (Å²) in [6, 6.07) is -0.628. The van der Waals surface area contributed by atoms with Gasteiger partial charge in [-0.3, -0.25) is 9.59 Å². The summed E-state index contributed by atoms with van der Waals surface area (Å²) in [4.78, 5) is 24.6. The van der Waals surface area contributed by atoms with E-state index in [9.17, 15) is 19.8 Å². The number of allylic oxidation sites excluding steroid dienone is 7. The number of esters is 1. The minimum Gasteiger partial charge on any atom is -0.466 e. The molecule has 0 aromatic rings. The molecule has 0 bridgehead atoms. The van der Waals surface area contributed by atoms with Crippen LogP contribution in [0.25, 0.3) is 0 Å². The van der Waals surface area contributed by atoms with Crippen molar-refractivity contribution >= 4 is 11.9 Å². The number of nitrogens with one attached hydrogen (secondary N) is 1. The SMILES string of the molecule is CCCCC/C=C\C/C=C\CCCCCCCC(=O)OCCCCCCCCCCCCCC/C=C\CCCCCCCCCCCCCCCC(=O)NC(CO)C(O)/C=C/CCCCCCCCCCCCCCCCCC. The molecule has 0 aliphatic heterocycles. The lowest BCUT2D eigenvalue weighted by atomic mass is 10.0. The fraction of sp³-hybridized carbons (Fsp3) is 0.863. The Hall–Kier alpha value is -2.18. The Morgan fingerprint density at radius 1 is 0.354 bits per heavy atom. The molecule has 2 atom stereocenters. The molecule has 1 amide bonds. The van der Waals surface area contributed by atoms with Crippen LogP contribution in [0.15, 0.2) is 48.6 Å². The van der Waals surface area contributed by atoms with Crippen LogP contribution in [0.3, 0.4) is 0 Å². The molecule has 0 radical (unpaired) electrons. The largest absolute Gasteiger partial charge is 0.466 e. The number of ether oxygens (including phenoxy) is 1. The van der Waals surface area contributed by atoms with Crippen LogP contribution in [-0.4, -0.2) is 47.4 Å². The maximum absolute atomic E-state index is 12.5. The van der Waals surface area contributed by atoms with Gasteiger partial charge in [-0.25, -0.2) is 0 Å². The van der Waals surface area contributed by atoms with Crippen molar-refractivity contribution in [2.24, 2.45) is 0 Å². The Labute approximate surface area is 493 Å². The van der Waals surface area contributed by atoms with Crippen LogP contribution in [-0.2, 0) is 14.3 Å². The lowest BCUT2D eigenvalue weighted by molar-refractivity contribution is -0.143. The smallest absolute Gasteiger partial charge is 0.305 e. The number of carbonyl (C=O) groups is 2. The summed E-state index contributed by atoms with van der Waals surface area (Å²) in [5, 5.41) is 23.2. The van der Waals surface area contributed by atoms with Gasteiger partial charge in [0.15, 0.2) is 0 Å². The first-order valence-corrected chi connectivity index (χ1v) is 35.4. The maximum Gasteiger partial charge on any atom is 0.305 e. The zero-order valence-electron chi connectivity index (χ0n) is 53.1. The van der Waals surface area contributed by atoms with Gasteiger partial charge in [0.1, 0.15) is 0 Å². The second kappa shape index (κ2) is 68.3. The van der Waals surface area contributed by atoms with E-state index in [1.54, 1.807) is 6.08 Å². The Morgan fingerprint density at radius 3 is 1.00 bits per heavy atom. The number of amides is 1. The zero-order chi connectivity index (χ0) is 57.1. The van der Waals surface area contributed by atoms with Gasteiger partial charge in [-0.15, -0.1) is 0 Å². The van der Waals surface area contributed by atoms with Crippen LogP contribution in [0, 0.1) is 0 Å². The zero-order valence-corrected chi connectivity index (χ0v) is 53.1. The van der Waals surface area contributed by atoms with E-state index in [0.29, 0.717) is 19.4 Å². The minimum atomic E-state index is -0.845. The third-order valence-electron chi connectivity index (χ3n) is 16.3. The second-order valence-electron chi connectivity index (χ2n) is 24.2. The predicted molar refractivity (Wildman–Crippen MR) is 347 cm³/mol. The minimum absolute atomic E-state index is 0.00221. The predicted octanol–water partition coefficient (Wildman–Crippen LogP) is 22.9. The van der Waals surface area contributed by atoms with E-state index < -0.39 is 12.1 Å². The molecule has 0 saturated heterocycles. The maximum atomic E-state index is 12.5. The molecular weight excluding hydrogens is 971 g/mol. The highest BCUT2D eigenvalue weighted by atomic mass is 16.5. The summed E-state index contributed by atoms with van der Waals surface area (Å²) >= 11 is 0. The molecular formula is C73H137NO5. The van der Waals surface area contributed by atoms with E-state index in [1.165, 1.54) is 302 Å². The van der Waals surface area contributed by atoms with Crippen molar-refractivity contribution in [2.45, 2.75) is 392 Å². The molecule has 3 N–H and O–H groups in total. The van der Waals surface area contributed by atoms with Crippen LogP contribution in [0.2, 0.25) is 0 Å². The van der Waals surface area contributed by atoms with Gasteiger partial charge in [0.2, 0.25) is 5.91 Å². The molecule has 0 heterocycles. The summed E-state index contributed by atoms with van der Waals surface area (Å²) in [5.41, 5.74) is 0. The van der Waals surface area contributed by atoms with Crippen LogP contribution in [0.1, 0.15) is 380 Å². The van der Waals surface area contributed by atoms with E-state index in [1.807, 2.05) is 6.08 Å². The van der Waals surface area contributed by atoms with Crippen LogP contribution >= 0.6 is 0 Å². The van der Waals surface area contributed by atoms with Gasteiger partial charge in [0, 0.05) is 12.8 Å². The van der Waals surface area contributed by atoms with E-state index in [4.69, 9.17) is 4.74 Å². The van der Waals surface area contributed by atoms with Crippen molar-refractivity contribution in [2.75, 3.05) is 13.2 Å². The molecule has 0 fully saturated rings. The Balaban J connectivity index is 3.40. The quantitative estimate of drug-likeness (QED) is 0.0320. The summed E-state index contributed by atoms with van der Waals surface area (Å²) < 4.78 is 5.48. The summed E-state index contributed by atoms with van der Waals surface area (Å²) in [7, 11) is 0. The van der Waals surface area contributed by atoms with E-state index >= 15 is 0 Å². The first-order chi connectivity index (χ1) is 39.0. The average Bonchev–Trinajstić information content (AvgIpc) is 3.45. The average molecular weight is 1110 g/mol. The number of hydrogen-bond acceptors (Lipinski definition) is 5. The molecule has 0 aliphatic rings. The standard InChI is InChI=1S/C73H137NO5/c1-3-5-7-9-11-13-15-17-19-20-34-38-41-45-49-53-57-61-65-71(76)70(69-75)74-72(77)66-62-58-54-50-46-42-39-35-32-30-28-26-24-22-21-23-25-27-29-31-33-36-40-44-48-52-56-60-64-68-79-73(78)67-63-59-55-51-47-43-37-18-16-14-12-10-8-6-4-2/h12,14,18,21,23,37,61,65,70-71,75-76H,3-11,13,15-17,19-20,22,24-36,38-60,62-64,66-69H2,1-2H3,(H,74,77)/b14-12-,23-21-,37-18-,65-61+. The Kier molecular flexibility index (Phi) is 66.4. The highest BCUT2D eigenvalue weighted by Gasteiger charge is 2.18. The molecule has 0 spiro atoms. The van der Waals surface area contributed by atoms with Crippen molar-refractivity contribution in [3.63, 3.8) is 0 Å². The number of aliphatic hydroxyl groups is 2. The molecule has 0 aliphatic carbocycles. The second-order valence-corrected chi connectivity index (χ2v) is 24.2. The topological polar surface area (TPSA) is 95.9 Å². The van der Waals surface area contributed by atoms with Gasteiger partial charge in [-0.1, -0.05) is 326 Å². The molecule has 0 aromatic heterocycles. The number of hydrogen-bond donors (Lipinski definition) is 3. The molecule has 0 rings (SSSR count). The van der Waals surface area contributed by atoms with Gasteiger partial charge in [-0.05, 0) is 89.9 Å². The molecule has 79 heavy (non-hydrogen) atoms. The normalized spacial score (nSPS) is 12.8. The lowest BCUT2D eigenvalue weighted by Gasteiger charge is -2.20. The Bertz CT molecular complexity index is 1320. The first kappa shape index (κ1) is 76.8. The van der Waals surface area contributed by atoms with Crippen molar-refractivity contribution in [3.05, 3.63) is 48.6 Å². The first-order valence-electron chi connectivity index (χ1n) is 35.4. The van der Waals surface area contributed by atoms with Crippen LogP contribution in [0.5, 0.6) is 0 Å².